The topological polar surface area (TPSA) is 97.3 Å². The number of nitrogens with zero attached hydrogens (tertiary/aromatic N) is 2. The molecule has 0 bridgehead atoms. The van der Waals surface area contributed by atoms with Crippen LogP contribution < -0.4 is 19.2 Å². The van der Waals surface area contributed by atoms with E-state index in [-0.39, 0.29) is 17.9 Å². The van der Waals surface area contributed by atoms with Gasteiger partial charge in [0.05, 0.1) is 11.8 Å². The summed E-state index contributed by atoms with van der Waals surface area (Å²) >= 11 is 0. The van der Waals surface area contributed by atoms with Gasteiger partial charge < -0.3 is 13.8 Å². The summed E-state index contributed by atoms with van der Waals surface area (Å²) in [5.74, 6) is -0.197. The molecule has 190 valence electrons. The summed E-state index contributed by atoms with van der Waals surface area (Å²) in [7, 11) is -0.684. The molecular formula is C24H22F3N3O5S. The van der Waals surface area contributed by atoms with Crippen LogP contribution in [0.25, 0.3) is 0 Å². The lowest BCUT2D eigenvalue weighted by molar-refractivity contribution is -0.137. The van der Waals surface area contributed by atoms with Crippen molar-refractivity contribution in [1.82, 2.24) is 5.43 Å². The third-order valence-corrected chi connectivity index (χ3v) is 5.93. The maximum Gasteiger partial charge on any atom is 0.416 e. The molecule has 0 heterocycles. The average Bonchev–Trinajstić information content (AvgIpc) is 2.83. The van der Waals surface area contributed by atoms with E-state index < -0.39 is 32.7 Å². The fourth-order valence-corrected chi connectivity index (χ4v) is 3.80. The van der Waals surface area contributed by atoms with E-state index in [1.165, 1.54) is 24.4 Å². The Morgan fingerprint density at radius 3 is 2.39 bits per heavy atom. The summed E-state index contributed by atoms with van der Waals surface area (Å²) in [5, 5.41) is 3.79. The maximum absolute atomic E-state index is 12.7. The lowest BCUT2D eigenvalue weighted by Crippen LogP contribution is -2.24. The minimum atomic E-state index is -4.60. The Morgan fingerprint density at radius 1 is 1.03 bits per heavy atom. The molecule has 8 nitrogen and oxygen atoms in total. The van der Waals surface area contributed by atoms with Crippen molar-refractivity contribution in [3.8, 4) is 11.5 Å². The first-order valence-electron chi connectivity index (χ1n) is 10.4. The Hall–Kier alpha value is -4.06. The maximum atomic E-state index is 12.7. The second-order valence-corrected chi connectivity index (χ2v) is 9.12. The molecule has 3 aromatic rings. The standard InChI is InChI=1S/C24H22F3N3O5S/c1-30(2)19-7-5-8-20(14-19)34-16-23(31)29-28-15-17-6-3-4-9-22(17)35-36(32,33)21-12-10-18(11-13-21)24(25,26)27/h3-15H,16H2,1-2H3,(H,29,31). The quantitative estimate of drug-likeness (QED) is 0.259. The van der Waals surface area contributed by atoms with Crippen LogP contribution in [0.3, 0.4) is 0 Å². The van der Waals surface area contributed by atoms with E-state index in [4.69, 9.17) is 8.92 Å². The van der Waals surface area contributed by atoms with Crippen LogP contribution in [-0.2, 0) is 21.1 Å². The van der Waals surface area contributed by atoms with Gasteiger partial charge in [0.2, 0.25) is 0 Å². The van der Waals surface area contributed by atoms with E-state index >= 15 is 0 Å². The summed E-state index contributed by atoms with van der Waals surface area (Å²) < 4.78 is 73.8. The number of rotatable bonds is 9. The molecule has 0 atom stereocenters. The van der Waals surface area contributed by atoms with Crippen LogP contribution in [0.4, 0.5) is 18.9 Å². The third kappa shape index (κ3) is 7.22. The van der Waals surface area contributed by atoms with Crippen LogP contribution in [0.1, 0.15) is 11.1 Å². The number of hydrazone groups is 1. The lowest BCUT2D eigenvalue weighted by atomic mass is 10.2. The molecule has 0 unspecified atom stereocenters. The first-order chi connectivity index (χ1) is 17.0. The highest BCUT2D eigenvalue weighted by Gasteiger charge is 2.31. The number of ether oxygens (including phenoxy) is 1. The molecule has 0 fully saturated rings. The van der Waals surface area contributed by atoms with E-state index in [1.54, 1.807) is 24.3 Å². The Labute approximate surface area is 206 Å². The van der Waals surface area contributed by atoms with Gasteiger partial charge in [0.25, 0.3) is 5.91 Å². The number of carbonyl (C=O) groups excluding carboxylic acids is 1. The fraction of sp³-hybridized carbons (Fsp3) is 0.167. The van der Waals surface area contributed by atoms with Crippen LogP contribution in [-0.4, -0.2) is 41.2 Å². The van der Waals surface area contributed by atoms with Crippen molar-refractivity contribution in [2.24, 2.45) is 5.10 Å². The van der Waals surface area contributed by atoms with Crippen LogP contribution in [0.5, 0.6) is 11.5 Å². The molecule has 1 amide bonds. The zero-order valence-corrected chi connectivity index (χ0v) is 20.0. The SMILES string of the molecule is CN(C)c1cccc(OCC(=O)NN=Cc2ccccc2OS(=O)(=O)c2ccc(C(F)(F)F)cc2)c1. The predicted molar refractivity (Wildman–Crippen MR) is 128 cm³/mol. The van der Waals surface area contributed by atoms with Crippen LogP contribution in [0, 0.1) is 0 Å². The minimum Gasteiger partial charge on any atom is -0.484 e. The van der Waals surface area contributed by atoms with E-state index in [0.717, 1.165) is 17.8 Å². The number of benzene rings is 3. The predicted octanol–water partition coefficient (Wildman–Crippen LogP) is 4.07. The van der Waals surface area contributed by atoms with Crippen molar-refractivity contribution in [1.29, 1.82) is 0 Å². The second kappa shape index (κ2) is 11.1. The molecule has 12 heteroatoms. The highest BCUT2D eigenvalue weighted by atomic mass is 32.2. The van der Waals surface area contributed by atoms with Crippen molar-refractivity contribution in [2.75, 3.05) is 25.6 Å². The summed E-state index contributed by atoms with van der Waals surface area (Å²) in [6.07, 6.45) is -3.43. The van der Waals surface area contributed by atoms with Crippen molar-refractivity contribution < 1.29 is 35.3 Å². The van der Waals surface area contributed by atoms with Crippen molar-refractivity contribution in [3.05, 3.63) is 83.9 Å². The largest absolute Gasteiger partial charge is 0.484 e. The zero-order chi connectivity index (χ0) is 26.3. The highest BCUT2D eigenvalue weighted by molar-refractivity contribution is 7.87. The van der Waals surface area contributed by atoms with E-state index in [1.807, 2.05) is 25.1 Å². The second-order valence-electron chi connectivity index (χ2n) is 7.57. The van der Waals surface area contributed by atoms with Gasteiger partial charge >= 0.3 is 16.3 Å². The average molecular weight is 522 g/mol. The van der Waals surface area contributed by atoms with Gasteiger partial charge in [-0.05, 0) is 48.5 Å². The summed E-state index contributed by atoms with van der Waals surface area (Å²) in [4.78, 5) is 13.5. The number of para-hydroxylation sites is 1. The van der Waals surface area contributed by atoms with E-state index in [9.17, 15) is 26.4 Å². The zero-order valence-electron chi connectivity index (χ0n) is 19.2. The number of alkyl halides is 3. The van der Waals surface area contributed by atoms with Gasteiger partial charge in [-0.15, -0.1) is 0 Å². The van der Waals surface area contributed by atoms with Gasteiger partial charge in [-0.25, -0.2) is 5.43 Å². The summed E-state index contributed by atoms with van der Waals surface area (Å²) in [6.45, 7) is -0.311. The summed E-state index contributed by atoms with van der Waals surface area (Å²) in [6, 6.07) is 16.0. The van der Waals surface area contributed by atoms with Crippen molar-refractivity contribution in [3.63, 3.8) is 0 Å². The molecule has 0 aliphatic rings. The molecule has 0 spiro atoms. The number of halogens is 3. The highest BCUT2D eigenvalue weighted by Crippen LogP contribution is 2.30. The number of nitrogens with one attached hydrogen (secondary N) is 1. The Balaban J connectivity index is 1.63. The van der Waals surface area contributed by atoms with Crippen LogP contribution in [0.2, 0.25) is 0 Å². The van der Waals surface area contributed by atoms with Crippen LogP contribution >= 0.6 is 0 Å². The van der Waals surface area contributed by atoms with Gasteiger partial charge in [0.1, 0.15) is 10.6 Å². The van der Waals surface area contributed by atoms with E-state index in [2.05, 4.69) is 10.5 Å². The molecule has 0 aliphatic heterocycles. The Kier molecular flexibility index (Phi) is 8.20. The smallest absolute Gasteiger partial charge is 0.416 e. The molecule has 0 aromatic heterocycles. The third-order valence-electron chi connectivity index (χ3n) is 4.69. The first kappa shape index (κ1) is 26.5. The molecule has 0 radical (unpaired) electrons. The van der Waals surface area contributed by atoms with Gasteiger partial charge in [0.15, 0.2) is 12.4 Å². The van der Waals surface area contributed by atoms with Gasteiger partial charge in [-0.3, -0.25) is 4.79 Å². The first-order valence-corrected chi connectivity index (χ1v) is 11.8. The normalized spacial score (nSPS) is 11.8. The molecular weight excluding hydrogens is 499 g/mol. The number of anilines is 1. The van der Waals surface area contributed by atoms with Crippen LogP contribution in [0.15, 0.2) is 82.8 Å². The molecule has 3 rings (SSSR count). The number of amides is 1. The summed E-state index contributed by atoms with van der Waals surface area (Å²) in [5.41, 5.74) is 2.38. The van der Waals surface area contributed by atoms with Gasteiger partial charge in [-0.2, -0.15) is 26.7 Å². The minimum absolute atomic E-state index is 0.132. The number of carbonyl (C=O) groups is 1. The molecule has 0 saturated carbocycles. The number of hydrogen-bond donors (Lipinski definition) is 1. The molecule has 0 aliphatic carbocycles. The Morgan fingerprint density at radius 2 is 1.72 bits per heavy atom. The Bertz CT molecular complexity index is 1340. The lowest BCUT2D eigenvalue weighted by Gasteiger charge is -2.13. The molecule has 3 aromatic carbocycles. The monoisotopic (exact) mass is 521 g/mol. The van der Waals surface area contributed by atoms with Gasteiger partial charge in [-0.1, -0.05) is 18.2 Å². The molecule has 0 saturated heterocycles. The van der Waals surface area contributed by atoms with Crippen molar-refractivity contribution >= 4 is 27.9 Å². The van der Waals surface area contributed by atoms with Crippen molar-refractivity contribution in [2.45, 2.75) is 11.1 Å². The fourth-order valence-electron chi connectivity index (χ4n) is 2.85. The molecule has 1 N–H and O–H groups in total. The van der Waals surface area contributed by atoms with E-state index in [0.29, 0.717) is 17.9 Å². The van der Waals surface area contributed by atoms with Gasteiger partial charge in [0, 0.05) is 31.4 Å². The number of hydrogen-bond acceptors (Lipinski definition) is 7. The molecule has 36 heavy (non-hydrogen) atoms.